The predicted octanol–water partition coefficient (Wildman–Crippen LogP) is 4.29. The van der Waals surface area contributed by atoms with Crippen molar-refractivity contribution in [2.75, 3.05) is 0 Å². The average molecular weight is 328 g/mol. The van der Waals surface area contributed by atoms with E-state index >= 15 is 0 Å². The number of nitrogens with two attached hydrogens (primary N) is 1. The third-order valence-corrected chi connectivity index (χ3v) is 3.47. The van der Waals surface area contributed by atoms with E-state index in [0.717, 1.165) is 0 Å². The predicted molar refractivity (Wildman–Crippen MR) is 73.4 cm³/mol. The zero-order chi connectivity index (χ0) is 16.4. The summed E-state index contributed by atoms with van der Waals surface area (Å²) in [6.07, 6.45) is -4.90. The van der Waals surface area contributed by atoms with Crippen molar-refractivity contribution in [3.05, 3.63) is 34.1 Å². The fourth-order valence-corrected chi connectivity index (χ4v) is 2.13. The van der Waals surface area contributed by atoms with Gasteiger partial charge in [0.15, 0.2) is 0 Å². The van der Waals surface area contributed by atoms with Crippen LogP contribution in [-0.2, 0) is 6.18 Å². The van der Waals surface area contributed by atoms with E-state index in [1.807, 2.05) is 13.8 Å². The molecule has 120 valence electrons. The van der Waals surface area contributed by atoms with Crippen LogP contribution in [0.25, 0.3) is 0 Å². The summed E-state index contributed by atoms with van der Waals surface area (Å²) in [5.41, 5.74) is 4.18. The van der Waals surface area contributed by atoms with Crippen LogP contribution in [-0.4, -0.2) is 11.2 Å². The van der Waals surface area contributed by atoms with Crippen LogP contribution in [0.3, 0.4) is 0 Å². The van der Waals surface area contributed by atoms with E-state index in [1.165, 1.54) is 0 Å². The maximum Gasteiger partial charge on any atom is 0.416 e. The number of benzene rings is 1. The molecule has 0 saturated carbocycles. The highest BCUT2D eigenvalue weighted by Gasteiger charge is 2.33. The lowest BCUT2D eigenvalue weighted by Gasteiger charge is -2.22. The van der Waals surface area contributed by atoms with E-state index in [4.69, 9.17) is 17.3 Å². The molecule has 0 aromatic heterocycles. The first kappa shape index (κ1) is 18.2. The van der Waals surface area contributed by atoms with Gasteiger partial charge in [0.2, 0.25) is 0 Å². The van der Waals surface area contributed by atoms with Gasteiger partial charge in [-0.15, -0.1) is 0 Å². The van der Waals surface area contributed by atoms with Crippen molar-refractivity contribution < 1.29 is 22.7 Å². The molecule has 0 saturated heterocycles. The Morgan fingerprint density at radius 1 is 1.24 bits per heavy atom. The maximum absolute atomic E-state index is 13.9. The SMILES string of the molecule is CC(C)CC[C@H](O)[C@H](N)c1cc(C(F)(F)F)cc(Cl)c1F. The summed E-state index contributed by atoms with van der Waals surface area (Å²) < 4.78 is 52.0. The summed E-state index contributed by atoms with van der Waals surface area (Å²) >= 11 is 5.49. The fraction of sp³-hybridized carbons (Fsp3) is 0.571. The molecule has 1 rings (SSSR count). The fourth-order valence-electron chi connectivity index (χ4n) is 1.91. The first-order valence-electron chi connectivity index (χ1n) is 6.53. The quantitative estimate of drug-likeness (QED) is 0.792. The molecular formula is C14H18ClF4NO. The Hall–Kier alpha value is -0.850. The average Bonchev–Trinajstić information content (AvgIpc) is 2.36. The summed E-state index contributed by atoms with van der Waals surface area (Å²) in [6, 6.07) is -0.151. The normalized spacial score (nSPS) is 15.3. The van der Waals surface area contributed by atoms with Crippen LogP contribution in [0.1, 0.15) is 43.9 Å². The van der Waals surface area contributed by atoms with Crippen LogP contribution < -0.4 is 5.73 Å². The first-order chi connectivity index (χ1) is 9.54. The minimum Gasteiger partial charge on any atom is -0.391 e. The van der Waals surface area contributed by atoms with Crippen molar-refractivity contribution in [3.8, 4) is 0 Å². The van der Waals surface area contributed by atoms with Crippen molar-refractivity contribution in [1.82, 2.24) is 0 Å². The van der Waals surface area contributed by atoms with E-state index < -0.39 is 40.3 Å². The molecule has 0 bridgehead atoms. The van der Waals surface area contributed by atoms with E-state index in [2.05, 4.69) is 0 Å². The van der Waals surface area contributed by atoms with Crippen molar-refractivity contribution in [2.45, 2.75) is 45.0 Å². The molecule has 7 heteroatoms. The van der Waals surface area contributed by atoms with E-state index in [0.29, 0.717) is 24.5 Å². The Kier molecular flexibility index (Phi) is 6.01. The Morgan fingerprint density at radius 2 is 1.81 bits per heavy atom. The second-order valence-corrected chi connectivity index (χ2v) is 5.83. The van der Waals surface area contributed by atoms with Crippen molar-refractivity contribution in [2.24, 2.45) is 11.7 Å². The van der Waals surface area contributed by atoms with Crippen molar-refractivity contribution in [1.29, 1.82) is 0 Å². The monoisotopic (exact) mass is 327 g/mol. The highest BCUT2D eigenvalue weighted by molar-refractivity contribution is 6.30. The molecule has 3 N–H and O–H groups in total. The Morgan fingerprint density at radius 3 is 2.29 bits per heavy atom. The van der Waals surface area contributed by atoms with Gasteiger partial charge in [0, 0.05) is 5.56 Å². The van der Waals surface area contributed by atoms with Gasteiger partial charge < -0.3 is 10.8 Å². The number of rotatable bonds is 5. The van der Waals surface area contributed by atoms with Gasteiger partial charge in [-0.2, -0.15) is 13.2 Å². The lowest BCUT2D eigenvalue weighted by molar-refractivity contribution is -0.137. The number of hydrogen-bond acceptors (Lipinski definition) is 2. The Bertz CT molecular complexity index is 491. The summed E-state index contributed by atoms with van der Waals surface area (Å²) in [7, 11) is 0. The summed E-state index contributed by atoms with van der Waals surface area (Å²) in [5.74, 6) is -0.734. The van der Waals surface area contributed by atoms with Crippen LogP contribution in [0, 0.1) is 11.7 Å². The second-order valence-electron chi connectivity index (χ2n) is 5.42. The third kappa shape index (κ3) is 4.83. The van der Waals surface area contributed by atoms with Crippen molar-refractivity contribution in [3.63, 3.8) is 0 Å². The van der Waals surface area contributed by atoms with Gasteiger partial charge in [0.05, 0.1) is 22.7 Å². The zero-order valence-electron chi connectivity index (χ0n) is 11.7. The Balaban J connectivity index is 3.08. The van der Waals surface area contributed by atoms with Crippen LogP contribution in [0.15, 0.2) is 12.1 Å². The topological polar surface area (TPSA) is 46.2 Å². The van der Waals surface area contributed by atoms with Gasteiger partial charge in [-0.3, -0.25) is 0 Å². The molecule has 2 nitrogen and oxygen atoms in total. The van der Waals surface area contributed by atoms with E-state index in [9.17, 15) is 22.7 Å². The molecular weight excluding hydrogens is 310 g/mol. The number of hydrogen-bond donors (Lipinski definition) is 2. The lowest BCUT2D eigenvalue weighted by Crippen LogP contribution is -2.28. The van der Waals surface area contributed by atoms with Crippen LogP contribution in [0.4, 0.5) is 17.6 Å². The molecule has 0 aliphatic rings. The molecule has 0 fully saturated rings. The molecule has 0 radical (unpaired) electrons. The summed E-state index contributed by atoms with van der Waals surface area (Å²) in [6.45, 7) is 3.86. The molecule has 0 aliphatic heterocycles. The lowest BCUT2D eigenvalue weighted by atomic mass is 9.94. The summed E-state index contributed by atoms with van der Waals surface area (Å²) in [5, 5.41) is 9.25. The number of aliphatic hydroxyl groups excluding tert-OH is 1. The van der Waals surface area contributed by atoms with Gasteiger partial charge >= 0.3 is 6.18 Å². The molecule has 0 amide bonds. The molecule has 0 heterocycles. The molecule has 1 aromatic carbocycles. The maximum atomic E-state index is 13.9. The smallest absolute Gasteiger partial charge is 0.391 e. The summed E-state index contributed by atoms with van der Waals surface area (Å²) in [4.78, 5) is 0. The minimum absolute atomic E-state index is 0.270. The second kappa shape index (κ2) is 6.94. The standard InChI is InChI=1S/C14H18ClF4NO/c1-7(2)3-4-11(21)13(20)9-5-8(14(17,18)19)6-10(15)12(9)16/h5-7,11,13,21H,3-4,20H2,1-2H3/t11-,13+/m0/s1. The zero-order valence-corrected chi connectivity index (χ0v) is 12.5. The molecule has 21 heavy (non-hydrogen) atoms. The third-order valence-electron chi connectivity index (χ3n) is 3.20. The number of aliphatic hydroxyl groups is 1. The Labute approximate surface area is 125 Å². The number of halogens is 5. The van der Waals surface area contributed by atoms with Crippen LogP contribution >= 0.6 is 11.6 Å². The van der Waals surface area contributed by atoms with E-state index in [-0.39, 0.29) is 6.42 Å². The molecule has 0 spiro atoms. The van der Waals surface area contributed by atoms with Gasteiger partial charge in [0.25, 0.3) is 0 Å². The van der Waals surface area contributed by atoms with E-state index in [1.54, 1.807) is 0 Å². The minimum atomic E-state index is -4.66. The largest absolute Gasteiger partial charge is 0.416 e. The molecule has 2 atom stereocenters. The molecule has 0 aliphatic carbocycles. The molecule has 0 unspecified atom stereocenters. The van der Waals surface area contributed by atoms with Gasteiger partial charge in [-0.1, -0.05) is 25.4 Å². The van der Waals surface area contributed by atoms with Gasteiger partial charge in [0.1, 0.15) is 5.82 Å². The highest BCUT2D eigenvalue weighted by Crippen LogP contribution is 2.35. The molecule has 1 aromatic rings. The highest BCUT2D eigenvalue weighted by atomic mass is 35.5. The van der Waals surface area contributed by atoms with Gasteiger partial charge in [-0.05, 0) is 30.9 Å². The first-order valence-corrected chi connectivity index (χ1v) is 6.91. The van der Waals surface area contributed by atoms with Crippen LogP contribution in [0.2, 0.25) is 5.02 Å². The van der Waals surface area contributed by atoms with Gasteiger partial charge in [-0.25, -0.2) is 4.39 Å². The number of alkyl halides is 3. The van der Waals surface area contributed by atoms with Crippen molar-refractivity contribution >= 4 is 11.6 Å². The van der Waals surface area contributed by atoms with Crippen LogP contribution in [0.5, 0.6) is 0 Å².